The molecule has 0 unspecified atom stereocenters. The van der Waals surface area contributed by atoms with Gasteiger partial charge in [-0.1, -0.05) is 17.7 Å². The first-order valence-electron chi connectivity index (χ1n) is 11.4. The smallest absolute Gasteiger partial charge is 0.120 e. The lowest BCUT2D eigenvalue weighted by Crippen LogP contribution is -2.47. The zero-order valence-corrected chi connectivity index (χ0v) is 20.1. The van der Waals surface area contributed by atoms with Gasteiger partial charge >= 0.3 is 0 Å². The number of nitrogens with one attached hydrogen (secondary N) is 1. The number of halogens is 1. The first kappa shape index (κ1) is 25.6. The molecule has 0 radical (unpaired) electrons. The van der Waals surface area contributed by atoms with Crippen molar-refractivity contribution in [3.63, 3.8) is 0 Å². The van der Waals surface area contributed by atoms with E-state index in [1.54, 1.807) is 13.2 Å². The fraction of sp³-hybridized carbons (Fsp3) is 0.520. The van der Waals surface area contributed by atoms with E-state index < -0.39 is 12.2 Å². The van der Waals surface area contributed by atoms with E-state index in [-0.39, 0.29) is 13.2 Å². The number of hydrogen-bond donors (Lipinski definition) is 3. The molecule has 0 aromatic heterocycles. The van der Waals surface area contributed by atoms with Gasteiger partial charge in [-0.3, -0.25) is 0 Å². The second-order valence-electron chi connectivity index (χ2n) is 8.50. The van der Waals surface area contributed by atoms with Crippen LogP contribution >= 0.6 is 11.6 Å². The number of ether oxygens (including phenoxy) is 3. The van der Waals surface area contributed by atoms with Crippen LogP contribution in [0.1, 0.15) is 18.4 Å². The summed E-state index contributed by atoms with van der Waals surface area (Å²) in [4.78, 5) is 2.25. The molecule has 8 heteroatoms. The van der Waals surface area contributed by atoms with E-state index in [0.717, 1.165) is 37.2 Å². The van der Waals surface area contributed by atoms with Crippen LogP contribution in [0.2, 0.25) is 5.02 Å². The van der Waals surface area contributed by atoms with Crippen molar-refractivity contribution in [1.82, 2.24) is 10.2 Å². The maximum atomic E-state index is 10.3. The van der Waals surface area contributed by atoms with Crippen LogP contribution in [-0.2, 0) is 0 Å². The van der Waals surface area contributed by atoms with Crippen LogP contribution in [0.25, 0.3) is 0 Å². The fourth-order valence-corrected chi connectivity index (χ4v) is 3.92. The van der Waals surface area contributed by atoms with Gasteiger partial charge in [0.2, 0.25) is 0 Å². The largest absolute Gasteiger partial charge is 0.497 e. The lowest BCUT2D eigenvalue weighted by atomic mass is 10.0. The average Bonchev–Trinajstić information content (AvgIpc) is 2.83. The van der Waals surface area contributed by atoms with Crippen LogP contribution in [0.15, 0.2) is 42.5 Å². The van der Waals surface area contributed by atoms with E-state index in [9.17, 15) is 10.2 Å². The molecule has 182 valence electrons. The van der Waals surface area contributed by atoms with Gasteiger partial charge in [0.15, 0.2) is 0 Å². The van der Waals surface area contributed by atoms with Crippen LogP contribution in [0.3, 0.4) is 0 Å². The van der Waals surface area contributed by atoms with Crippen molar-refractivity contribution in [1.29, 1.82) is 0 Å². The van der Waals surface area contributed by atoms with Gasteiger partial charge in [0, 0.05) is 24.2 Å². The van der Waals surface area contributed by atoms with Crippen molar-refractivity contribution in [2.75, 3.05) is 46.5 Å². The number of nitrogens with zero attached hydrogens (tertiary/aromatic N) is 1. The number of aliphatic hydroxyl groups excluding tert-OH is 2. The van der Waals surface area contributed by atoms with Crippen molar-refractivity contribution < 1.29 is 24.4 Å². The number of aryl methyl sites for hydroxylation is 1. The Morgan fingerprint density at radius 2 is 1.58 bits per heavy atom. The monoisotopic (exact) mass is 478 g/mol. The Bertz CT molecular complexity index is 843. The zero-order valence-electron chi connectivity index (χ0n) is 19.4. The van der Waals surface area contributed by atoms with Gasteiger partial charge in [0.25, 0.3) is 0 Å². The molecule has 0 spiro atoms. The van der Waals surface area contributed by atoms with Crippen molar-refractivity contribution in [2.24, 2.45) is 0 Å². The number of benzene rings is 2. The van der Waals surface area contributed by atoms with Gasteiger partial charge < -0.3 is 34.6 Å². The van der Waals surface area contributed by atoms with Gasteiger partial charge in [-0.15, -0.1) is 0 Å². The second kappa shape index (κ2) is 13.0. The third-order valence-corrected chi connectivity index (χ3v) is 6.19. The van der Waals surface area contributed by atoms with Crippen LogP contribution < -0.4 is 19.5 Å². The molecule has 3 N–H and O–H groups in total. The summed E-state index contributed by atoms with van der Waals surface area (Å²) in [6.07, 6.45) is 0.784. The number of β-amino-alcohol motifs (C(OH)–C–C–N with tert-alkyl or cyclic N) is 1. The third-order valence-electron chi connectivity index (χ3n) is 5.79. The standard InChI is InChI=1S/C25H35ClN2O5/c1-18-3-4-24(13-25(18)26)33-17-21(30)15-28-11-9-19(10-12-28)27-14-20(29)16-32-23-7-5-22(31-2)6-8-23/h3-8,13,19-21,27,29-30H,9-12,14-17H2,1-2H3/t20-,21-/m1/s1. The minimum absolute atomic E-state index is 0.233. The summed E-state index contributed by atoms with van der Waals surface area (Å²) in [7, 11) is 1.62. The molecular weight excluding hydrogens is 444 g/mol. The van der Waals surface area contributed by atoms with Crippen LogP contribution in [0, 0.1) is 6.92 Å². The van der Waals surface area contributed by atoms with E-state index in [0.29, 0.717) is 35.7 Å². The molecule has 7 nitrogen and oxygen atoms in total. The first-order valence-corrected chi connectivity index (χ1v) is 11.8. The summed E-state index contributed by atoms with van der Waals surface area (Å²) >= 11 is 6.12. The SMILES string of the molecule is COc1ccc(OC[C@H](O)CNC2CCN(C[C@@H](O)COc3ccc(C)c(Cl)c3)CC2)cc1. The Morgan fingerprint density at radius 1 is 0.970 bits per heavy atom. The van der Waals surface area contributed by atoms with Crippen molar-refractivity contribution in [3.05, 3.63) is 53.1 Å². The van der Waals surface area contributed by atoms with Gasteiger partial charge in [-0.05, 0) is 74.8 Å². The summed E-state index contributed by atoms with van der Waals surface area (Å²) < 4.78 is 16.4. The molecule has 1 aliphatic rings. The minimum Gasteiger partial charge on any atom is -0.497 e. The Balaban J connectivity index is 1.27. The molecule has 33 heavy (non-hydrogen) atoms. The normalized spacial score (nSPS) is 16.9. The Morgan fingerprint density at radius 3 is 2.24 bits per heavy atom. The number of likely N-dealkylation sites (tertiary alicyclic amines) is 1. The maximum absolute atomic E-state index is 10.3. The van der Waals surface area contributed by atoms with E-state index in [4.69, 9.17) is 25.8 Å². The average molecular weight is 479 g/mol. The zero-order chi connectivity index (χ0) is 23.6. The maximum Gasteiger partial charge on any atom is 0.120 e. The van der Waals surface area contributed by atoms with Gasteiger partial charge in [-0.25, -0.2) is 0 Å². The molecule has 2 atom stereocenters. The molecule has 3 rings (SSSR count). The van der Waals surface area contributed by atoms with E-state index >= 15 is 0 Å². The summed E-state index contributed by atoms with van der Waals surface area (Å²) in [5.41, 5.74) is 0.998. The van der Waals surface area contributed by atoms with Crippen molar-refractivity contribution >= 4 is 11.6 Å². The highest BCUT2D eigenvalue weighted by molar-refractivity contribution is 6.31. The second-order valence-corrected chi connectivity index (χ2v) is 8.91. The molecule has 1 fully saturated rings. The third kappa shape index (κ3) is 8.68. The van der Waals surface area contributed by atoms with Crippen molar-refractivity contribution in [3.8, 4) is 17.2 Å². The molecule has 2 aromatic rings. The molecule has 2 aromatic carbocycles. The lowest BCUT2D eigenvalue weighted by molar-refractivity contribution is 0.0556. The van der Waals surface area contributed by atoms with Gasteiger partial charge in [-0.2, -0.15) is 0 Å². The van der Waals surface area contributed by atoms with Gasteiger partial charge in [0.05, 0.1) is 7.11 Å². The fourth-order valence-electron chi connectivity index (χ4n) is 3.75. The highest BCUT2D eigenvalue weighted by Gasteiger charge is 2.21. The van der Waals surface area contributed by atoms with Crippen LogP contribution in [0.5, 0.6) is 17.2 Å². The van der Waals surface area contributed by atoms with E-state index in [1.807, 2.05) is 43.3 Å². The number of hydrogen-bond acceptors (Lipinski definition) is 7. The molecule has 0 saturated carbocycles. The summed E-state index contributed by atoms with van der Waals surface area (Å²) in [6, 6.07) is 13.2. The van der Waals surface area contributed by atoms with E-state index in [1.165, 1.54) is 0 Å². The molecule has 1 aliphatic heterocycles. The summed E-state index contributed by atoms with van der Waals surface area (Å²) in [6.45, 7) is 5.25. The van der Waals surface area contributed by atoms with E-state index in [2.05, 4.69) is 10.2 Å². The molecule has 0 bridgehead atoms. The number of rotatable bonds is 12. The predicted molar refractivity (Wildman–Crippen MR) is 130 cm³/mol. The molecular formula is C25H35ClN2O5. The molecule has 0 aliphatic carbocycles. The molecule has 1 heterocycles. The predicted octanol–water partition coefficient (Wildman–Crippen LogP) is 2.89. The summed E-state index contributed by atoms with van der Waals surface area (Å²) in [5, 5.41) is 24.7. The Labute approximate surface area is 201 Å². The topological polar surface area (TPSA) is 83.4 Å². The number of piperidine rings is 1. The molecule has 1 saturated heterocycles. The highest BCUT2D eigenvalue weighted by Crippen LogP contribution is 2.22. The first-order chi connectivity index (χ1) is 15.9. The number of aliphatic hydroxyl groups is 2. The highest BCUT2D eigenvalue weighted by atomic mass is 35.5. The number of methoxy groups -OCH3 is 1. The van der Waals surface area contributed by atoms with Crippen LogP contribution in [0.4, 0.5) is 0 Å². The Hall–Kier alpha value is -2.03. The lowest BCUT2D eigenvalue weighted by Gasteiger charge is -2.33. The minimum atomic E-state index is -0.584. The molecule has 0 amide bonds. The quantitative estimate of drug-likeness (QED) is 0.432. The summed E-state index contributed by atoms with van der Waals surface area (Å²) in [5.74, 6) is 2.14. The van der Waals surface area contributed by atoms with Crippen LogP contribution in [-0.4, -0.2) is 79.9 Å². The van der Waals surface area contributed by atoms with Crippen molar-refractivity contribution in [2.45, 2.75) is 38.0 Å². The Kier molecular flexibility index (Phi) is 10.1. The van der Waals surface area contributed by atoms with Gasteiger partial charge in [0.1, 0.15) is 42.7 Å².